The number of nitrogens with zero attached hydrogens (tertiary/aromatic N) is 1. The van der Waals surface area contributed by atoms with Crippen LogP contribution in [0.15, 0.2) is 42.5 Å². The van der Waals surface area contributed by atoms with Crippen molar-refractivity contribution in [1.29, 1.82) is 0 Å². The fourth-order valence-corrected chi connectivity index (χ4v) is 2.44. The van der Waals surface area contributed by atoms with Crippen LogP contribution < -0.4 is 10.1 Å². The Kier molecular flexibility index (Phi) is 5.76. The average Bonchev–Trinajstić information content (AvgIpc) is 2.55. The molecule has 2 aromatic carbocycles. The fourth-order valence-electron chi connectivity index (χ4n) is 2.18. The summed E-state index contributed by atoms with van der Waals surface area (Å²) in [5.41, 5.74) is 0.945. The van der Waals surface area contributed by atoms with E-state index in [9.17, 15) is 14.9 Å². The third-order valence-electron chi connectivity index (χ3n) is 3.45. The average molecular weight is 349 g/mol. The molecule has 24 heavy (non-hydrogen) atoms. The highest BCUT2D eigenvalue weighted by Gasteiger charge is 2.17. The van der Waals surface area contributed by atoms with Gasteiger partial charge in [0.2, 0.25) is 0 Å². The van der Waals surface area contributed by atoms with Crippen LogP contribution >= 0.6 is 11.6 Å². The van der Waals surface area contributed by atoms with Gasteiger partial charge in [0, 0.05) is 12.1 Å². The number of rotatable bonds is 6. The summed E-state index contributed by atoms with van der Waals surface area (Å²) in [6.07, 6.45) is 0. The van der Waals surface area contributed by atoms with Crippen LogP contribution in [0, 0.1) is 10.1 Å². The topological polar surface area (TPSA) is 81.5 Å². The van der Waals surface area contributed by atoms with Gasteiger partial charge in [-0.2, -0.15) is 0 Å². The highest BCUT2D eigenvalue weighted by atomic mass is 35.5. The van der Waals surface area contributed by atoms with Crippen LogP contribution in [0.25, 0.3) is 0 Å². The first-order valence-corrected chi connectivity index (χ1v) is 7.77. The minimum atomic E-state index is -0.559. The van der Waals surface area contributed by atoms with Gasteiger partial charge in [0.1, 0.15) is 5.75 Å². The summed E-state index contributed by atoms with van der Waals surface area (Å²) in [5, 5.41) is 13.6. The number of benzene rings is 2. The van der Waals surface area contributed by atoms with E-state index in [-0.39, 0.29) is 22.3 Å². The van der Waals surface area contributed by atoms with Crippen molar-refractivity contribution >= 4 is 23.2 Å². The maximum absolute atomic E-state index is 12.3. The second-order valence-corrected chi connectivity index (χ2v) is 5.53. The fraction of sp³-hybridized carbons (Fsp3) is 0.235. The molecule has 2 rings (SSSR count). The van der Waals surface area contributed by atoms with Gasteiger partial charge in [0.15, 0.2) is 0 Å². The van der Waals surface area contributed by atoms with Gasteiger partial charge in [-0.25, -0.2) is 0 Å². The number of halogens is 1. The molecule has 1 atom stereocenters. The molecule has 0 saturated carbocycles. The van der Waals surface area contributed by atoms with Crippen molar-refractivity contribution in [2.75, 3.05) is 6.61 Å². The summed E-state index contributed by atoms with van der Waals surface area (Å²) in [4.78, 5) is 22.5. The third kappa shape index (κ3) is 4.23. The lowest BCUT2D eigenvalue weighted by molar-refractivity contribution is -0.384. The third-order valence-corrected chi connectivity index (χ3v) is 3.76. The van der Waals surface area contributed by atoms with E-state index in [4.69, 9.17) is 16.3 Å². The van der Waals surface area contributed by atoms with Crippen LogP contribution in [0.5, 0.6) is 5.75 Å². The molecule has 2 aromatic rings. The Morgan fingerprint density at radius 1 is 1.29 bits per heavy atom. The number of hydrogen-bond acceptors (Lipinski definition) is 4. The number of ether oxygens (including phenoxy) is 1. The van der Waals surface area contributed by atoms with E-state index in [0.29, 0.717) is 6.61 Å². The van der Waals surface area contributed by atoms with Crippen molar-refractivity contribution in [3.63, 3.8) is 0 Å². The molecule has 1 amide bonds. The predicted octanol–water partition coefficient (Wildman–Crippen LogP) is 4.14. The Morgan fingerprint density at radius 2 is 1.96 bits per heavy atom. The van der Waals surface area contributed by atoms with E-state index in [1.165, 1.54) is 12.1 Å². The molecule has 0 bridgehead atoms. The van der Waals surface area contributed by atoms with Crippen molar-refractivity contribution < 1.29 is 14.5 Å². The summed E-state index contributed by atoms with van der Waals surface area (Å²) in [6, 6.07) is 10.9. The number of carbonyl (C=O) groups excluding carboxylic acids is 1. The number of amides is 1. The molecule has 0 aliphatic heterocycles. The lowest BCUT2D eigenvalue weighted by Gasteiger charge is -2.15. The molecule has 0 fully saturated rings. The standard InChI is InChI=1S/C17H17ClN2O4/c1-3-24-14-7-4-12(5-8-14)11(2)19-17(21)15-9-6-13(20(22)23)10-16(15)18/h4-11H,3H2,1-2H3,(H,19,21)/t11-/m0/s1. The first-order valence-electron chi connectivity index (χ1n) is 7.40. The number of nitrogens with one attached hydrogen (secondary N) is 1. The molecule has 0 radical (unpaired) electrons. The molecule has 0 unspecified atom stereocenters. The van der Waals surface area contributed by atoms with Crippen molar-refractivity contribution in [3.8, 4) is 5.75 Å². The zero-order chi connectivity index (χ0) is 17.7. The zero-order valence-corrected chi connectivity index (χ0v) is 14.0. The van der Waals surface area contributed by atoms with Gasteiger partial charge < -0.3 is 10.1 Å². The summed E-state index contributed by atoms with van der Waals surface area (Å²) in [7, 11) is 0. The normalized spacial score (nSPS) is 11.6. The smallest absolute Gasteiger partial charge is 0.270 e. The largest absolute Gasteiger partial charge is 0.494 e. The number of carbonyl (C=O) groups is 1. The number of nitro benzene ring substituents is 1. The summed E-state index contributed by atoms with van der Waals surface area (Å²) >= 11 is 5.97. The molecular weight excluding hydrogens is 332 g/mol. The molecule has 126 valence electrons. The van der Waals surface area contributed by atoms with Gasteiger partial charge in [-0.3, -0.25) is 14.9 Å². The van der Waals surface area contributed by atoms with Gasteiger partial charge in [0.25, 0.3) is 11.6 Å². The van der Waals surface area contributed by atoms with Crippen LogP contribution in [0.3, 0.4) is 0 Å². The summed E-state index contributed by atoms with van der Waals surface area (Å²) in [6.45, 7) is 4.34. The number of hydrogen-bond donors (Lipinski definition) is 1. The van der Waals surface area contributed by atoms with Crippen LogP contribution in [-0.4, -0.2) is 17.4 Å². The van der Waals surface area contributed by atoms with Crippen LogP contribution in [0.4, 0.5) is 5.69 Å². The maximum atomic E-state index is 12.3. The van der Waals surface area contributed by atoms with Gasteiger partial charge in [-0.1, -0.05) is 23.7 Å². The van der Waals surface area contributed by atoms with Gasteiger partial charge in [-0.15, -0.1) is 0 Å². The van der Waals surface area contributed by atoms with E-state index >= 15 is 0 Å². The van der Waals surface area contributed by atoms with E-state index in [0.717, 1.165) is 17.4 Å². The molecular formula is C17H17ClN2O4. The van der Waals surface area contributed by atoms with Gasteiger partial charge in [-0.05, 0) is 37.6 Å². The molecule has 0 saturated heterocycles. The van der Waals surface area contributed by atoms with Crippen molar-refractivity contribution in [1.82, 2.24) is 5.32 Å². The van der Waals surface area contributed by atoms with Crippen LogP contribution in [0.1, 0.15) is 35.8 Å². The maximum Gasteiger partial charge on any atom is 0.270 e. The van der Waals surface area contributed by atoms with Crippen molar-refractivity contribution in [2.24, 2.45) is 0 Å². The monoisotopic (exact) mass is 348 g/mol. The highest BCUT2D eigenvalue weighted by molar-refractivity contribution is 6.34. The Balaban J connectivity index is 2.09. The minimum Gasteiger partial charge on any atom is -0.494 e. The van der Waals surface area contributed by atoms with Gasteiger partial charge in [0.05, 0.1) is 28.2 Å². The SMILES string of the molecule is CCOc1ccc([C@H](C)NC(=O)c2ccc([N+](=O)[O-])cc2Cl)cc1. The molecule has 1 N–H and O–H groups in total. The minimum absolute atomic E-state index is 0.0422. The molecule has 7 heteroatoms. The Hall–Kier alpha value is -2.60. The first-order chi connectivity index (χ1) is 11.4. The Labute approximate surface area is 144 Å². The van der Waals surface area contributed by atoms with E-state index in [1.54, 1.807) is 0 Å². The summed E-state index contributed by atoms with van der Waals surface area (Å²) < 4.78 is 5.38. The van der Waals surface area contributed by atoms with Crippen LogP contribution in [-0.2, 0) is 0 Å². The van der Waals surface area contributed by atoms with Crippen LogP contribution in [0.2, 0.25) is 5.02 Å². The second kappa shape index (κ2) is 7.79. The van der Waals surface area contributed by atoms with Crippen molar-refractivity contribution in [3.05, 3.63) is 68.7 Å². The number of non-ortho nitro benzene ring substituents is 1. The zero-order valence-electron chi connectivity index (χ0n) is 13.3. The Morgan fingerprint density at radius 3 is 2.50 bits per heavy atom. The second-order valence-electron chi connectivity index (χ2n) is 5.12. The van der Waals surface area contributed by atoms with E-state index in [2.05, 4.69) is 5.32 Å². The van der Waals surface area contributed by atoms with Crippen molar-refractivity contribution in [2.45, 2.75) is 19.9 Å². The first kappa shape index (κ1) is 17.7. The lowest BCUT2D eigenvalue weighted by Crippen LogP contribution is -2.26. The molecule has 0 aliphatic carbocycles. The quantitative estimate of drug-likeness (QED) is 0.628. The lowest BCUT2D eigenvalue weighted by atomic mass is 10.1. The molecule has 0 spiro atoms. The Bertz CT molecular complexity index is 747. The molecule has 0 aromatic heterocycles. The van der Waals surface area contributed by atoms with E-state index in [1.807, 2.05) is 38.1 Å². The van der Waals surface area contributed by atoms with E-state index < -0.39 is 10.8 Å². The molecule has 0 aliphatic rings. The molecule has 0 heterocycles. The highest BCUT2D eigenvalue weighted by Crippen LogP contribution is 2.24. The summed E-state index contributed by atoms with van der Waals surface area (Å²) in [5.74, 6) is 0.370. The molecule has 6 nitrogen and oxygen atoms in total. The predicted molar refractivity (Wildman–Crippen MR) is 91.6 cm³/mol. The number of nitro groups is 1. The van der Waals surface area contributed by atoms with Gasteiger partial charge >= 0.3 is 0 Å².